The Hall–Kier alpha value is -2.20. The molecule has 1 N–H and O–H groups in total. The van der Waals surface area contributed by atoms with Gasteiger partial charge in [-0.3, -0.25) is 0 Å². The molecule has 0 bridgehead atoms. The average molecular weight is 299 g/mol. The molecule has 1 aliphatic heterocycles. The van der Waals surface area contributed by atoms with Gasteiger partial charge in [0.2, 0.25) is 5.75 Å². The summed E-state index contributed by atoms with van der Waals surface area (Å²) in [5.74, 6) is 2.24. The van der Waals surface area contributed by atoms with Crippen LogP contribution >= 0.6 is 0 Å². The minimum atomic E-state index is 0.572. The molecule has 0 spiro atoms. The van der Waals surface area contributed by atoms with Gasteiger partial charge in [0.25, 0.3) is 0 Å². The highest BCUT2D eigenvalue weighted by molar-refractivity contribution is 5.51. The lowest BCUT2D eigenvalue weighted by Gasteiger charge is -2.20. The lowest BCUT2D eigenvalue weighted by molar-refractivity contribution is 0.162. The highest BCUT2D eigenvalue weighted by Gasteiger charge is 2.16. The zero-order chi connectivity index (χ0) is 15.0. The van der Waals surface area contributed by atoms with Crippen molar-refractivity contribution in [1.29, 1.82) is 0 Å². The maximum Gasteiger partial charge on any atom is 0.203 e. The number of nitrogens with one attached hydrogen (secondary N) is 1. The fourth-order valence-corrected chi connectivity index (χ4v) is 2.40. The largest absolute Gasteiger partial charge is 0.488 e. The quantitative estimate of drug-likeness (QED) is 0.798. The van der Waals surface area contributed by atoms with Crippen LogP contribution in [0.1, 0.15) is 5.56 Å². The van der Waals surface area contributed by atoms with E-state index in [9.17, 15) is 0 Å². The van der Waals surface area contributed by atoms with Crippen molar-refractivity contribution in [2.45, 2.75) is 6.42 Å². The van der Waals surface area contributed by atoms with Crippen LogP contribution in [-0.2, 0) is 6.42 Å². The van der Waals surface area contributed by atoms with Crippen LogP contribution in [-0.4, -0.2) is 32.9 Å². The highest BCUT2D eigenvalue weighted by atomic mass is 16.6. The molecule has 0 saturated carbocycles. The summed E-state index contributed by atoms with van der Waals surface area (Å²) in [6, 6.07) is 16.2. The lowest BCUT2D eigenvalue weighted by Crippen LogP contribution is -2.23. The molecule has 0 aliphatic carbocycles. The molecule has 0 aromatic heterocycles. The molecule has 22 heavy (non-hydrogen) atoms. The Kier molecular flexibility index (Phi) is 5.16. The molecule has 4 nitrogen and oxygen atoms in total. The maximum absolute atomic E-state index is 5.79. The van der Waals surface area contributed by atoms with Crippen LogP contribution in [0.5, 0.6) is 17.2 Å². The van der Waals surface area contributed by atoms with Gasteiger partial charge in [-0.05, 0) is 30.7 Å². The molecule has 0 radical (unpaired) electrons. The van der Waals surface area contributed by atoms with Crippen molar-refractivity contribution in [3.63, 3.8) is 0 Å². The normalized spacial score (nSPS) is 12.9. The number of hydrogen-bond acceptors (Lipinski definition) is 4. The molecule has 116 valence electrons. The van der Waals surface area contributed by atoms with Gasteiger partial charge in [-0.15, -0.1) is 0 Å². The fourth-order valence-electron chi connectivity index (χ4n) is 2.40. The van der Waals surface area contributed by atoms with Crippen LogP contribution in [0.3, 0.4) is 0 Å². The molecule has 0 atom stereocenters. The number of benzene rings is 2. The van der Waals surface area contributed by atoms with Gasteiger partial charge in [0.1, 0.15) is 19.8 Å². The zero-order valence-corrected chi connectivity index (χ0v) is 12.6. The summed E-state index contributed by atoms with van der Waals surface area (Å²) >= 11 is 0. The summed E-state index contributed by atoms with van der Waals surface area (Å²) in [6.45, 7) is 3.52. The fraction of sp³-hybridized carbons (Fsp3) is 0.333. The molecule has 1 aliphatic rings. The Morgan fingerprint density at radius 3 is 2.68 bits per heavy atom. The van der Waals surface area contributed by atoms with Crippen LogP contribution in [0.25, 0.3) is 0 Å². The van der Waals surface area contributed by atoms with Crippen LogP contribution < -0.4 is 19.5 Å². The van der Waals surface area contributed by atoms with Crippen LogP contribution in [0.15, 0.2) is 48.5 Å². The summed E-state index contributed by atoms with van der Waals surface area (Å²) in [7, 11) is 0. The number of fused-ring (bicyclic) bond motifs is 1. The van der Waals surface area contributed by atoms with Crippen molar-refractivity contribution in [3.05, 3.63) is 54.1 Å². The van der Waals surface area contributed by atoms with E-state index in [4.69, 9.17) is 14.2 Å². The summed E-state index contributed by atoms with van der Waals surface area (Å²) in [6.07, 6.45) is 1.03. The Bertz CT molecular complexity index is 586. The Labute approximate surface area is 131 Å². The van der Waals surface area contributed by atoms with Gasteiger partial charge in [0.15, 0.2) is 11.5 Å². The summed E-state index contributed by atoms with van der Waals surface area (Å²) in [5.41, 5.74) is 1.35. The Morgan fingerprint density at radius 1 is 0.909 bits per heavy atom. The summed E-state index contributed by atoms with van der Waals surface area (Å²) < 4.78 is 16.9. The molecule has 1 heterocycles. The number of hydrogen-bond donors (Lipinski definition) is 1. The van der Waals surface area contributed by atoms with Gasteiger partial charge in [0, 0.05) is 6.54 Å². The van der Waals surface area contributed by atoms with E-state index in [0.717, 1.165) is 36.8 Å². The zero-order valence-electron chi connectivity index (χ0n) is 12.6. The van der Waals surface area contributed by atoms with Crippen molar-refractivity contribution in [1.82, 2.24) is 5.32 Å². The molecule has 2 aromatic carbocycles. The van der Waals surface area contributed by atoms with E-state index in [1.165, 1.54) is 5.56 Å². The van der Waals surface area contributed by atoms with Crippen LogP contribution in [0, 0.1) is 0 Å². The molecule has 0 fully saturated rings. The molecule has 4 heteroatoms. The first-order chi connectivity index (χ1) is 10.9. The monoisotopic (exact) mass is 299 g/mol. The Morgan fingerprint density at radius 2 is 1.77 bits per heavy atom. The average Bonchev–Trinajstić information content (AvgIpc) is 2.59. The summed E-state index contributed by atoms with van der Waals surface area (Å²) in [4.78, 5) is 0. The highest BCUT2D eigenvalue weighted by Crippen LogP contribution is 2.38. The smallest absolute Gasteiger partial charge is 0.203 e. The minimum absolute atomic E-state index is 0.572. The molecule has 3 rings (SSSR count). The number of ether oxygens (including phenoxy) is 3. The van der Waals surface area contributed by atoms with E-state index >= 15 is 0 Å². The summed E-state index contributed by atoms with van der Waals surface area (Å²) in [5, 5.41) is 3.39. The molecule has 0 unspecified atom stereocenters. The van der Waals surface area contributed by atoms with Crippen molar-refractivity contribution >= 4 is 0 Å². The SMILES string of the molecule is c1ccc(CCNCCOc2cccc3c2OCCO3)cc1. The second kappa shape index (κ2) is 7.71. The molecule has 2 aromatic rings. The predicted octanol–water partition coefficient (Wildman–Crippen LogP) is 2.67. The van der Waals surface area contributed by atoms with Crippen LogP contribution in [0.2, 0.25) is 0 Å². The number of rotatable bonds is 7. The maximum atomic E-state index is 5.79. The molecular weight excluding hydrogens is 278 g/mol. The first-order valence-corrected chi connectivity index (χ1v) is 7.69. The third-order valence-corrected chi connectivity index (χ3v) is 3.50. The van der Waals surface area contributed by atoms with Gasteiger partial charge in [-0.2, -0.15) is 0 Å². The second-order valence-corrected chi connectivity index (χ2v) is 5.11. The van der Waals surface area contributed by atoms with Crippen molar-refractivity contribution < 1.29 is 14.2 Å². The third-order valence-electron chi connectivity index (χ3n) is 3.50. The number of para-hydroxylation sites is 1. The van der Waals surface area contributed by atoms with E-state index in [1.54, 1.807) is 0 Å². The van der Waals surface area contributed by atoms with Gasteiger partial charge in [0.05, 0.1) is 0 Å². The molecule has 0 amide bonds. The molecule has 0 saturated heterocycles. The van der Waals surface area contributed by atoms with E-state index < -0.39 is 0 Å². The van der Waals surface area contributed by atoms with E-state index in [1.807, 2.05) is 24.3 Å². The standard InChI is InChI=1S/C18H21NO3/c1-2-5-15(6-3-1)9-10-19-11-12-20-16-7-4-8-17-18(16)22-14-13-21-17/h1-8,19H,9-14H2. The topological polar surface area (TPSA) is 39.7 Å². The Balaban J connectivity index is 1.39. The van der Waals surface area contributed by atoms with E-state index in [-0.39, 0.29) is 0 Å². The van der Waals surface area contributed by atoms with Gasteiger partial charge in [-0.25, -0.2) is 0 Å². The first-order valence-electron chi connectivity index (χ1n) is 7.69. The van der Waals surface area contributed by atoms with Crippen molar-refractivity contribution in [3.8, 4) is 17.2 Å². The third kappa shape index (κ3) is 3.92. The molecular formula is C18H21NO3. The second-order valence-electron chi connectivity index (χ2n) is 5.11. The lowest BCUT2D eigenvalue weighted by atomic mass is 10.1. The van der Waals surface area contributed by atoms with Gasteiger partial charge >= 0.3 is 0 Å². The van der Waals surface area contributed by atoms with Crippen molar-refractivity contribution in [2.24, 2.45) is 0 Å². The van der Waals surface area contributed by atoms with Gasteiger partial charge in [-0.1, -0.05) is 36.4 Å². The minimum Gasteiger partial charge on any atom is -0.488 e. The van der Waals surface area contributed by atoms with Gasteiger partial charge < -0.3 is 19.5 Å². The van der Waals surface area contributed by atoms with Crippen LogP contribution in [0.4, 0.5) is 0 Å². The van der Waals surface area contributed by atoms with E-state index in [0.29, 0.717) is 19.8 Å². The first kappa shape index (κ1) is 14.7. The predicted molar refractivity (Wildman–Crippen MR) is 85.9 cm³/mol. The van der Waals surface area contributed by atoms with E-state index in [2.05, 4.69) is 29.6 Å². The van der Waals surface area contributed by atoms with Crippen molar-refractivity contribution in [2.75, 3.05) is 32.9 Å².